The Morgan fingerprint density at radius 2 is 1.79 bits per heavy atom. The molecule has 0 fully saturated rings. The van der Waals surface area contributed by atoms with Crippen molar-refractivity contribution in [1.82, 2.24) is 0 Å². The first-order valence-electron chi connectivity index (χ1n) is 7.39. The Kier molecular flexibility index (Phi) is 5.82. The summed E-state index contributed by atoms with van der Waals surface area (Å²) in [5.74, 6) is -0.374. The normalized spacial score (nSPS) is 10.2. The fourth-order valence-electron chi connectivity index (χ4n) is 2.20. The highest BCUT2D eigenvalue weighted by molar-refractivity contribution is 6.31. The maximum absolute atomic E-state index is 12.1. The molecule has 5 nitrogen and oxygen atoms in total. The van der Waals surface area contributed by atoms with Crippen molar-refractivity contribution in [3.63, 3.8) is 0 Å². The molecule has 0 aromatic heterocycles. The predicted molar refractivity (Wildman–Crippen MR) is 95.8 cm³/mol. The largest absolute Gasteiger partial charge is 0.495 e. The van der Waals surface area contributed by atoms with E-state index in [4.69, 9.17) is 16.3 Å². The van der Waals surface area contributed by atoms with Crippen molar-refractivity contribution < 1.29 is 14.3 Å². The van der Waals surface area contributed by atoms with Gasteiger partial charge in [0.25, 0.3) is 0 Å². The van der Waals surface area contributed by atoms with Gasteiger partial charge in [-0.3, -0.25) is 9.59 Å². The topological polar surface area (TPSA) is 67.4 Å². The first-order chi connectivity index (χ1) is 11.4. The van der Waals surface area contributed by atoms with Gasteiger partial charge in [-0.25, -0.2) is 0 Å². The van der Waals surface area contributed by atoms with Gasteiger partial charge in [0.05, 0.1) is 12.8 Å². The van der Waals surface area contributed by atoms with E-state index in [0.717, 1.165) is 11.1 Å². The number of halogens is 1. The molecule has 0 heterocycles. The van der Waals surface area contributed by atoms with Crippen LogP contribution < -0.4 is 15.4 Å². The Bertz CT molecular complexity index is 775. The monoisotopic (exact) mass is 346 g/mol. The quantitative estimate of drug-likeness (QED) is 0.806. The van der Waals surface area contributed by atoms with Crippen molar-refractivity contribution >= 4 is 34.8 Å². The lowest BCUT2D eigenvalue weighted by molar-refractivity contribution is -0.123. The third kappa shape index (κ3) is 4.73. The lowest BCUT2D eigenvalue weighted by atomic mass is 10.2. The molecule has 0 aliphatic carbocycles. The van der Waals surface area contributed by atoms with Gasteiger partial charge < -0.3 is 15.4 Å². The van der Waals surface area contributed by atoms with E-state index >= 15 is 0 Å². The van der Waals surface area contributed by atoms with Crippen molar-refractivity contribution in [2.75, 3.05) is 17.7 Å². The summed E-state index contributed by atoms with van der Waals surface area (Å²) < 4.78 is 5.20. The van der Waals surface area contributed by atoms with Gasteiger partial charge in [-0.05, 0) is 43.2 Å². The van der Waals surface area contributed by atoms with Crippen LogP contribution in [-0.2, 0) is 9.59 Å². The zero-order chi connectivity index (χ0) is 17.7. The first kappa shape index (κ1) is 17.8. The Balaban J connectivity index is 2.00. The number of hydrogen-bond acceptors (Lipinski definition) is 3. The molecule has 2 rings (SSSR count). The average Bonchev–Trinajstić information content (AvgIpc) is 2.50. The maximum atomic E-state index is 12.1. The number of carbonyl (C=O) groups excluding carboxylic acids is 2. The number of amides is 2. The second-order valence-corrected chi connectivity index (χ2v) is 5.85. The van der Waals surface area contributed by atoms with E-state index in [1.54, 1.807) is 18.2 Å². The summed E-state index contributed by atoms with van der Waals surface area (Å²) in [5.41, 5.74) is 2.97. The van der Waals surface area contributed by atoms with E-state index in [1.165, 1.54) is 7.11 Å². The van der Waals surface area contributed by atoms with E-state index in [9.17, 15) is 9.59 Å². The van der Waals surface area contributed by atoms with Gasteiger partial charge in [-0.1, -0.05) is 23.7 Å². The average molecular weight is 347 g/mol. The number of methoxy groups -OCH3 is 1. The number of hydrogen-bond donors (Lipinski definition) is 2. The zero-order valence-electron chi connectivity index (χ0n) is 13.8. The molecule has 2 amide bonds. The highest BCUT2D eigenvalue weighted by atomic mass is 35.5. The molecule has 0 bridgehead atoms. The molecule has 0 radical (unpaired) electrons. The third-order valence-electron chi connectivity index (χ3n) is 3.38. The summed E-state index contributed by atoms with van der Waals surface area (Å²) in [6.07, 6.45) is -0.293. The Labute approximate surface area is 146 Å². The number of aryl methyl sites for hydroxylation is 2. The van der Waals surface area contributed by atoms with E-state index in [2.05, 4.69) is 10.6 Å². The minimum atomic E-state index is -0.430. The van der Waals surface area contributed by atoms with Crippen LogP contribution in [0.5, 0.6) is 5.75 Å². The van der Waals surface area contributed by atoms with Crippen LogP contribution in [0.3, 0.4) is 0 Å². The molecule has 0 saturated carbocycles. The van der Waals surface area contributed by atoms with Crippen LogP contribution >= 0.6 is 11.6 Å². The van der Waals surface area contributed by atoms with E-state index in [1.807, 2.05) is 32.0 Å². The summed E-state index contributed by atoms with van der Waals surface area (Å²) >= 11 is 6.03. The van der Waals surface area contributed by atoms with Crippen LogP contribution in [0.1, 0.15) is 17.5 Å². The number of nitrogens with one attached hydrogen (secondary N) is 2. The van der Waals surface area contributed by atoms with E-state index < -0.39 is 5.91 Å². The highest BCUT2D eigenvalue weighted by Crippen LogP contribution is 2.31. The minimum Gasteiger partial charge on any atom is -0.495 e. The summed E-state index contributed by atoms with van der Waals surface area (Å²) in [6, 6.07) is 10.7. The molecule has 0 unspecified atom stereocenters. The third-order valence-corrected chi connectivity index (χ3v) is 3.78. The van der Waals surface area contributed by atoms with Crippen LogP contribution in [0.2, 0.25) is 5.02 Å². The summed E-state index contributed by atoms with van der Waals surface area (Å²) in [5, 5.41) is 5.91. The van der Waals surface area contributed by atoms with Crippen LogP contribution in [-0.4, -0.2) is 18.9 Å². The molecule has 2 aromatic carbocycles. The standard InChI is InChI=1S/C18H19ClN2O3/c1-11-5-4-6-13(7-11)20-17(22)10-18(23)21-15-8-12(2)14(19)9-16(15)24-3/h4-9H,10H2,1-3H3,(H,20,22)(H,21,23). The number of carbonyl (C=O) groups is 2. The molecule has 0 aliphatic heterocycles. The van der Waals surface area contributed by atoms with Gasteiger partial charge in [0.15, 0.2) is 0 Å². The van der Waals surface area contributed by atoms with Gasteiger partial charge in [0.1, 0.15) is 12.2 Å². The number of anilines is 2. The molecule has 6 heteroatoms. The van der Waals surface area contributed by atoms with Gasteiger partial charge in [0.2, 0.25) is 11.8 Å². The molecule has 2 aromatic rings. The summed E-state index contributed by atoms with van der Waals surface area (Å²) in [6.45, 7) is 3.75. The molecule has 126 valence electrons. The van der Waals surface area contributed by atoms with E-state index in [0.29, 0.717) is 22.1 Å². The zero-order valence-corrected chi connectivity index (χ0v) is 14.5. The fraction of sp³-hybridized carbons (Fsp3) is 0.222. The van der Waals surface area contributed by atoms with Crippen molar-refractivity contribution in [3.05, 3.63) is 52.5 Å². The molecule has 0 spiro atoms. The van der Waals surface area contributed by atoms with Gasteiger partial charge in [0, 0.05) is 16.8 Å². The van der Waals surface area contributed by atoms with Gasteiger partial charge in [-0.2, -0.15) is 0 Å². The molecular weight excluding hydrogens is 328 g/mol. The van der Waals surface area contributed by atoms with Crippen molar-refractivity contribution in [2.24, 2.45) is 0 Å². The van der Waals surface area contributed by atoms with Gasteiger partial charge in [-0.15, -0.1) is 0 Å². The molecule has 0 saturated heterocycles. The van der Waals surface area contributed by atoms with Crippen molar-refractivity contribution in [3.8, 4) is 5.75 Å². The van der Waals surface area contributed by atoms with Crippen LogP contribution in [0.25, 0.3) is 0 Å². The molecule has 24 heavy (non-hydrogen) atoms. The number of rotatable bonds is 5. The first-order valence-corrected chi connectivity index (χ1v) is 7.77. The van der Waals surface area contributed by atoms with Crippen LogP contribution in [0.4, 0.5) is 11.4 Å². The summed E-state index contributed by atoms with van der Waals surface area (Å²) in [7, 11) is 1.49. The maximum Gasteiger partial charge on any atom is 0.233 e. The SMILES string of the molecule is COc1cc(Cl)c(C)cc1NC(=O)CC(=O)Nc1cccc(C)c1. The van der Waals surface area contributed by atoms with Crippen molar-refractivity contribution in [2.45, 2.75) is 20.3 Å². The Morgan fingerprint density at radius 1 is 1.08 bits per heavy atom. The predicted octanol–water partition coefficient (Wildman–Crippen LogP) is 3.93. The Hall–Kier alpha value is -2.53. The molecule has 0 atom stereocenters. The number of benzene rings is 2. The molecule has 2 N–H and O–H groups in total. The lowest BCUT2D eigenvalue weighted by Gasteiger charge is -2.12. The molecule has 0 aliphatic rings. The highest BCUT2D eigenvalue weighted by Gasteiger charge is 2.14. The Morgan fingerprint density at radius 3 is 2.46 bits per heavy atom. The van der Waals surface area contributed by atoms with Crippen LogP contribution in [0.15, 0.2) is 36.4 Å². The van der Waals surface area contributed by atoms with Crippen LogP contribution in [0, 0.1) is 13.8 Å². The fourth-order valence-corrected chi connectivity index (χ4v) is 2.35. The minimum absolute atomic E-state index is 0.293. The lowest BCUT2D eigenvalue weighted by Crippen LogP contribution is -2.21. The summed E-state index contributed by atoms with van der Waals surface area (Å²) in [4.78, 5) is 24.1. The second-order valence-electron chi connectivity index (χ2n) is 5.44. The number of ether oxygens (including phenoxy) is 1. The van der Waals surface area contributed by atoms with E-state index in [-0.39, 0.29) is 12.3 Å². The van der Waals surface area contributed by atoms with Crippen molar-refractivity contribution in [1.29, 1.82) is 0 Å². The smallest absolute Gasteiger partial charge is 0.233 e. The van der Waals surface area contributed by atoms with Gasteiger partial charge >= 0.3 is 0 Å². The second kappa shape index (κ2) is 7.84. The molecular formula is C18H19ClN2O3.